The third-order valence-electron chi connectivity index (χ3n) is 4.37. The van der Waals surface area contributed by atoms with Gasteiger partial charge in [-0.3, -0.25) is 0 Å². The highest BCUT2D eigenvalue weighted by Gasteiger charge is 2.13. The monoisotopic (exact) mass is 323 g/mol. The number of rotatable bonds is 7. The molecule has 2 aromatic carbocycles. The van der Waals surface area contributed by atoms with Crippen LogP contribution < -0.4 is 10.5 Å². The van der Waals surface area contributed by atoms with Gasteiger partial charge in [-0.15, -0.1) is 0 Å². The van der Waals surface area contributed by atoms with Crippen LogP contribution in [0.3, 0.4) is 0 Å². The van der Waals surface area contributed by atoms with Gasteiger partial charge in [-0.2, -0.15) is 0 Å². The fourth-order valence-electron chi connectivity index (χ4n) is 2.77. The zero-order valence-electron chi connectivity index (χ0n) is 14.4. The Labute approximate surface area is 143 Å². The lowest BCUT2D eigenvalue weighted by Crippen LogP contribution is -2.26. The number of aryl methyl sites for hydroxylation is 1. The minimum Gasteiger partial charge on any atom is -0.486 e. The fraction of sp³-hybridized carbons (Fsp3) is 0.350. The van der Waals surface area contributed by atoms with Crippen molar-refractivity contribution in [2.75, 3.05) is 0 Å². The number of hydrogen-bond donors (Lipinski definition) is 1. The van der Waals surface area contributed by atoms with Crippen molar-refractivity contribution < 1.29 is 4.74 Å². The average Bonchev–Trinajstić information content (AvgIpc) is 2.98. The van der Waals surface area contributed by atoms with Gasteiger partial charge in [0.1, 0.15) is 18.2 Å². The molecular weight excluding hydrogens is 298 g/mol. The molecule has 3 rings (SSSR count). The van der Waals surface area contributed by atoms with Crippen molar-refractivity contribution in [2.24, 2.45) is 5.73 Å². The number of aromatic nitrogens is 2. The first kappa shape index (κ1) is 16.5. The fourth-order valence-corrected chi connectivity index (χ4v) is 2.77. The number of hydrogen-bond acceptors (Lipinski definition) is 3. The van der Waals surface area contributed by atoms with Crippen LogP contribution in [-0.2, 0) is 19.6 Å². The van der Waals surface area contributed by atoms with Gasteiger partial charge in [0.05, 0.1) is 11.0 Å². The van der Waals surface area contributed by atoms with Gasteiger partial charge in [-0.25, -0.2) is 4.98 Å². The molecule has 1 atom stereocenters. The Hall–Kier alpha value is -2.33. The number of para-hydroxylation sites is 2. The largest absolute Gasteiger partial charge is 0.486 e. The molecule has 3 aromatic rings. The topological polar surface area (TPSA) is 53.1 Å². The van der Waals surface area contributed by atoms with E-state index in [2.05, 4.69) is 36.6 Å². The van der Waals surface area contributed by atoms with Crippen LogP contribution in [0.2, 0.25) is 0 Å². The molecule has 0 spiro atoms. The second kappa shape index (κ2) is 7.49. The first-order valence-corrected chi connectivity index (χ1v) is 8.62. The number of fused-ring (bicyclic) bond motifs is 1. The van der Waals surface area contributed by atoms with E-state index in [9.17, 15) is 0 Å². The van der Waals surface area contributed by atoms with Crippen molar-refractivity contribution in [3.8, 4) is 5.75 Å². The average molecular weight is 323 g/mol. The normalized spacial score (nSPS) is 12.5. The van der Waals surface area contributed by atoms with E-state index in [0.717, 1.165) is 42.0 Å². The molecule has 4 nitrogen and oxygen atoms in total. The molecule has 24 heavy (non-hydrogen) atoms. The summed E-state index contributed by atoms with van der Waals surface area (Å²) in [6, 6.07) is 16.5. The Morgan fingerprint density at radius 3 is 2.54 bits per heavy atom. The van der Waals surface area contributed by atoms with Crippen molar-refractivity contribution in [3.05, 3.63) is 59.9 Å². The van der Waals surface area contributed by atoms with Crippen molar-refractivity contribution in [2.45, 2.75) is 45.9 Å². The third kappa shape index (κ3) is 3.60. The van der Waals surface area contributed by atoms with Gasteiger partial charge in [0.15, 0.2) is 0 Å². The van der Waals surface area contributed by atoms with E-state index in [1.54, 1.807) is 0 Å². The van der Waals surface area contributed by atoms with Crippen LogP contribution >= 0.6 is 0 Å². The van der Waals surface area contributed by atoms with E-state index >= 15 is 0 Å². The molecule has 126 valence electrons. The maximum absolute atomic E-state index is 6.17. The number of imidazole rings is 1. The maximum atomic E-state index is 6.17. The molecule has 0 aliphatic carbocycles. The summed E-state index contributed by atoms with van der Waals surface area (Å²) in [5.41, 5.74) is 9.58. The van der Waals surface area contributed by atoms with E-state index in [0.29, 0.717) is 6.61 Å². The van der Waals surface area contributed by atoms with Crippen molar-refractivity contribution >= 4 is 11.0 Å². The summed E-state index contributed by atoms with van der Waals surface area (Å²) in [7, 11) is 0. The van der Waals surface area contributed by atoms with E-state index in [-0.39, 0.29) is 6.04 Å². The van der Waals surface area contributed by atoms with Crippen LogP contribution in [-0.4, -0.2) is 15.6 Å². The van der Waals surface area contributed by atoms with Crippen LogP contribution in [0.25, 0.3) is 11.0 Å². The highest BCUT2D eigenvalue weighted by Crippen LogP contribution is 2.19. The first-order valence-electron chi connectivity index (χ1n) is 8.62. The molecule has 0 saturated heterocycles. The number of benzene rings is 2. The van der Waals surface area contributed by atoms with Crippen LogP contribution in [0.1, 0.15) is 31.7 Å². The molecule has 0 aliphatic rings. The predicted molar refractivity (Wildman–Crippen MR) is 98.2 cm³/mol. The Balaban J connectivity index is 1.83. The Morgan fingerprint density at radius 1 is 1.08 bits per heavy atom. The minimum absolute atomic E-state index is 0.116. The summed E-state index contributed by atoms with van der Waals surface area (Å²) >= 11 is 0. The van der Waals surface area contributed by atoms with Gasteiger partial charge in [0.25, 0.3) is 0 Å². The van der Waals surface area contributed by atoms with E-state index in [1.807, 2.05) is 30.3 Å². The number of nitrogens with zero attached hydrogens (tertiary/aromatic N) is 2. The van der Waals surface area contributed by atoms with E-state index in [4.69, 9.17) is 15.5 Å². The van der Waals surface area contributed by atoms with Gasteiger partial charge in [0.2, 0.25) is 0 Å². The van der Waals surface area contributed by atoms with Crippen LogP contribution in [0, 0.1) is 0 Å². The number of ether oxygens (including phenoxy) is 1. The minimum atomic E-state index is 0.116. The van der Waals surface area contributed by atoms with E-state index in [1.165, 1.54) is 5.56 Å². The summed E-state index contributed by atoms with van der Waals surface area (Å²) in [5.74, 6) is 1.78. The lowest BCUT2D eigenvalue weighted by molar-refractivity contribution is 0.288. The highest BCUT2D eigenvalue weighted by atomic mass is 16.5. The van der Waals surface area contributed by atoms with Gasteiger partial charge in [0, 0.05) is 12.6 Å². The Morgan fingerprint density at radius 2 is 1.83 bits per heavy atom. The molecule has 0 radical (unpaired) electrons. The van der Waals surface area contributed by atoms with Crippen molar-refractivity contribution in [3.63, 3.8) is 0 Å². The van der Waals surface area contributed by atoms with Gasteiger partial charge in [-0.05, 0) is 42.7 Å². The SMILES string of the molecule is CCc1ccc(OCc2nc3ccccc3n2CC(N)CC)cc1. The molecule has 0 amide bonds. The van der Waals surface area contributed by atoms with E-state index < -0.39 is 0 Å². The van der Waals surface area contributed by atoms with Gasteiger partial charge >= 0.3 is 0 Å². The molecule has 1 aromatic heterocycles. The van der Waals surface area contributed by atoms with Crippen LogP contribution in [0.5, 0.6) is 5.75 Å². The highest BCUT2D eigenvalue weighted by molar-refractivity contribution is 5.75. The molecule has 1 unspecified atom stereocenters. The summed E-state index contributed by atoms with van der Waals surface area (Å²) in [4.78, 5) is 4.73. The lowest BCUT2D eigenvalue weighted by Gasteiger charge is -2.14. The lowest BCUT2D eigenvalue weighted by atomic mass is 10.2. The molecule has 0 saturated carbocycles. The zero-order chi connectivity index (χ0) is 16.9. The molecule has 1 heterocycles. The van der Waals surface area contributed by atoms with Crippen LogP contribution in [0.15, 0.2) is 48.5 Å². The molecular formula is C20H25N3O. The predicted octanol–water partition coefficient (Wildman–Crippen LogP) is 3.92. The number of nitrogens with two attached hydrogens (primary N) is 1. The molecule has 4 heteroatoms. The standard InChI is InChI=1S/C20H25N3O/c1-3-15-9-11-17(12-10-15)24-14-20-22-18-7-5-6-8-19(18)23(20)13-16(21)4-2/h5-12,16H,3-4,13-14,21H2,1-2H3. The third-order valence-corrected chi connectivity index (χ3v) is 4.37. The molecule has 0 aliphatic heterocycles. The van der Waals surface area contributed by atoms with Crippen LogP contribution in [0.4, 0.5) is 0 Å². The molecule has 0 bridgehead atoms. The van der Waals surface area contributed by atoms with Crippen molar-refractivity contribution in [1.82, 2.24) is 9.55 Å². The smallest absolute Gasteiger partial charge is 0.148 e. The van der Waals surface area contributed by atoms with Gasteiger partial charge < -0.3 is 15.0 Å². The zero-order valence-corrected chi connectivity index (χ0v) is 14.4. The summed E-state index contributed by atoms with van der Waals surface area (Å²) < 4.78 is 8.14. The quantitative estimate of drug-likeness (QED) is 0.717. The molecule has 0 fully saturated rings. The van der Waals surface area contributed by atoms with Gasteiger partial charge in [-0.1, -0.05) is 38.1 Å². The summed E-state index contributed by atoms with van der Waals surface area (Å²) in [6.07, 6.45) is 1.97. The second-order valence-electron chi connectivity index (χ2n) is 6.08. The Bertz CT molecular complexity index is 792. The summed E-state index contributed by atoms with van der Waals surface area (Å²) in [5, 5.41) is 0. The second-order valence-corrected chi connectivity index (χ2v) is 6.08. The first-order chi connectivity index (χ1) is 11.7. The maximum Gasteiger partial charge on any atom is 0.148 e. The Kier molecular flexibility index (Phi) is 5.16. The van der Waals surface area contributed by atoms with Crippen molar-refractivity contribution in [1.29, 1.82) is 0 Å². The summed E-state index contributed by atoms with van der Waals surface area (Å²) in [6.45, 7) is 5.45. The molecule has 2 N–H and O–H groups in total.